The minimum atomic E-state index is -0.481. The number of amides is 1. The highest BCUT2D eigenvalue weighted by molar-refractivity contribution is 5.80. The van der Waals surface area contributed by atoms with Crippen LogP contribution >= 0.6 is 0 Å². The Morgan fingerprint density at radius 1 is 1.36 bits per heavy atom. The largest absolute Gasteiger partial charge is 0.360 e. The van der Waals surface area contributed by atoms with Crippen molar-refractivity contribution >= 4 is 5.91 Å². The van der Waals surface area contributed by atoms with E-state index in [1.54, 1.807) is 23.1 Å². The summed E-state index contributed by atoms with van der Waals surface area (Å²) in [5.41, 5.74) is 1.86. The van der Waals surface area contributed by atoms with E-state index in [1.165, 1.54) is 6.07 Å². The average molecular weight is 341 g/mol. The smallest absolute Gasteiger partial charge is 0.227 e. The van der Waals surface area contributed by atoms with Gasteiger partial charge in [-0.3, -0.25) is 4.79 Å². The lowest BCUT2D eigenvalue weighted by Crippen LogP contribution is -2.61. The van der Waals surface area contributed by atoms with E-state index in [0.29, 0.717) is 25.3 Å². The highest BCUT2D eigenvalue weighted by atomic mass is 19.1. The third-order valence-electron chi connectivity index (χ3n) is 4.91. The number of nitrogens with zero attached hydrogens (tertiary/aromatic N) is 3. The maximum Gasteiger partial charge on any atom is 0.227 e. The molecule has 0 radical (unpaired) electrons. The van der Waals surface area contributed by atoms with Gasteiger partial charge in [-0.1, -0.05) is 25.1 Å². The van der Waals surface area contributed by atoms with Gasteiger partial charge in [0.05, 0.1) is 31.8 Å². The molecule has 25 heavy (non-hydrogen) atoms. The minimum absolute atomic E-state index is 0.0710. The zero-order chi connectivity index (χ0) is 17.4. The quantitative estimate of drug-likeness (QED) is 0.857. The zero-order valence-electron chi connectivity index (χ0n) is 14.2. The van der Waals surface area contributed by atoms with Gasteiger partial charge in [0.15, 0.2) is 0 Å². The molecule has 1 amide bonds. The molecular weight excluding hydrogens is 321 g/mol. The number of carbonyl (C=O) groups is 1. The summed E-state index contributed by atoms with van der Waals surface area (Å²) in [5, 5.41) is 0. The van der Waals surface area contributed by atoms with Crippen molar-refractivity contribution in [2.45, 2.75) is 38.4 Å². The molecule has 0 bridgehead atoms. The molecule has 130 valence electrons. The molecule has 2 aliphatic rings. The van der Waals surface area contributed by atoms with Gasteiger partial charge in [-0.15, -0.1) is 0 Å². The Labute approximate surface area is 145 Å². The third-order valence-corrected chi connectivity index (χ3v) is 4.91. The highest BCUT2D eigenvalue weighted by Gasteiger charge is 2.52. The fourth-order valence-corrected chi connectivity index (χ4v) is 3.50. The molecule has 0 aliphatic carbocycles. The van der Waals surface area contributed by atoms with Crippen LogP contribution in [0.3, 0.4) is 0 Å². The lowest BCUT2D eigenvalue weighted by atomic mass is 9.87. The molecule has 1 aromatic carbocycles. The van der Waals surface area contributed by atoms with Crippen LogP contribution in [0.4, 0.5) is 4.39 Å². The minimum Gasteiger partial charge on any atom is -0.360 e. The summed E-state index contributed by atoms with van der Waals surface area (Å²) in [5.74, 6) is 0.412. The van der Waals surface area contributed by atoms with E-state index in [2.05, 4.69) is 16.9 Å². The van der Waals surface area contributed by atoms with Gasteiger partial charge in [0, 0.05) is 18.2 Å². The second kappa shape index (κ2) is 6.19. The maximum atomic E-state index is 13.7. The summed E-state index contributed by atoms with van der Waals surface area (Å²) >= 11 is 0. The van der Waals surface area contributed by atoms with Crippen molar-refractivity contribution in [2.75, 3.05) is 13.1 Å². The van der Waals surface area contributed by atoms with Crippen molar-refractivity contribution < 1.29 is 13.9 Å². The standard InChI is InChI=1S/C19H20FN3O2/c1-2-5-17-21-9-14-16(22-17)10-25-19(14)11-23(12-19)18(24)8-13-6-3-4-7-15(13)20/h3-4,6-7,9H,2,5,8,10-12H2,1H3. The van der Waals surface area contributed by atoms with Gasteiger partial charge in [-0.05, 0) is 18.1 Å². The number of fused-ring (bicyclic) bond motifs is 2. The first-order chi connectivity index (χ1) is 12.1. The molecule has 0 atom stereocenters. The SMILES string of the molecule is CCCc1ncc2c(n1)COC21CN(C(=O)Cc2ccccc2F)C1. The summed E-state index contributed by atoms with van der Waals surface area (Å²) in [4.78, 5) is 23.1. The average Bonchev–Trinajstić information content (AvgIpc) is 2.95. The van der Waals surface area contributed by atoms with Gasteiger partial charge >= 0.3 is 0 Å². The van der Waals surface area contributed by atoms with Crippen molar-refractivity contribution in [3.05, 3.63) is 58.9 Å². The summed E-state index contributed by atoms with van der Waals surface area (Å²) in [6.07, 6.45) is 3.77. The molecule has 3 heterocycles. The first-order valence-corrected chi connectivity index (χ1v) is 8.62. The van der Waals surface area contributed by atoms with Crippen LogP contribution in [0, 0.1) is 5.82 Å². The summed E-state index contributed by atoms with van der Waals surface area (Å²) < 4.78 is 19.7. The van der Waals surface area contributed by atoms with Crippen LogP contribution in [0.25, 0.3) is 0 Å². The van der Waals surface area contributed by atoms with Crippen LogP contribution in [-0.2, 0) is 34.6 Å². The monoisotopic (exact) mass is 341 g/mol. The maximum absolute atomic E-state index is 13.7. The number of halogens is 1. The molecule has 1 aromatic heterocycles. The molecule has 2 aromatic rings. The lowest BCUT2D eigenvalue weighted by Gasteiger charge is -2.47. The number of hydrogen-bond acceptors (Lipinski definition) is 4. The van der Waals surface area contributed by atoms with E-state index in [-0.39, 0.29) is 18.1 Å². The van der Waals surface area contributed by atoms with Crippen LogP contribution in [-0.4, -0.2) is 33.9 Å². The van der Waals surface area contributed by atoms with Crippen molar-refractivity contribution in [2.24, 2.45) is 0 Å². The normalized spacial score (nSPS) is 17.4. The second-order valence-corrected chi connectivity index (χ2v) is 6.70. The Balaban J connectivity index is 1.44. The van der Waals surface area contributed by atoms with E-state index in [1.807, 2.05) is 6.20 Å². The molecule has 1 saturated heterocycles. The second-order valence-electron chi connectivity index (χ2n) is 6.70. The highest BCUT2D eigenvalue weighted by Crippen LogP contribution is 2.42. The molecule has 1 spiro atoms. The first kappa shape index (κ1) is 16.1. The van der Waals surface area contributed by atoms with E-state index in [0.717, 1.165) is 29.9 Å². The van der Waals surface area contributed by atoms with Gasteiger partial charge in [0.2, 0.25) is 5.91 Å². The van der Waals surface area contributed by atoms with Gasteiger partial charge in [-0.2, -0.15) is 0 Å². The number of hydrogen-bond donors (Lipinski definition) is 0. The molecular formula is C19H20FN3O2. The summed E-state index contributed by atoms with van der Waals surface area (Å²) in [7, 11) is 0. The number of aromatic nitrogens is 2. The van der Waals surface area contributed by atoms with Crippen molar-refractivity contribution in [3.63, 3.8) is 0 Å². The Morgan fingerprint density at radius 3 is 2.92 bits per heavy atom. The summed E-state index contributed by atoms with van der Waals surface area (Å²) in [6, 6.07) is 6.39. The van der Waals surface area contributed by atoms with Crippen LogP contribution < -0.4 is 0 Å². The molecule has 6 heteroatoms. The van der Waals surface area contributed by atoms with Crippen LogP contribution in [0.2, 0.25) is 0 Å². The predicted octanol–water partition coefficient (Wildman–Crippen LogP) is 2.38. The van der Waals surface area contributed by atoms with Crippen LogP contribution in [0.5, 0.6) is 0 Å². The molecule has 5 nitrogen and oxygen atoms in total. The van der Waals surface area contributed by atoms with Gasteiger partial charge < -0.3 is 9.64 Å². The zero-order valence-corrected chi connectivity index (χ0v) is 14.2. The lowest BCUT2D eigenvalue weighted by molar-refractivity contribution is -0.168. The number of aryl methyl sites for hydroxylation is 1. The number of rotatable bonds is 4. The third kappa shape index (κ3) is 2.80. The van der Waals surface area contributed by atoms with Gasteiger partial charge in [0.1, 0.15) is 17.2 Å². The number of carbonyl (C=O) groups excluding carboxylic acids is 1. The predicted molar refractivity (Wildman–Crippen MR) is 89.2 cm³/mol. The summed E-state index contributed by atoms with van der Waals surface area (Å²) in [6.45, 7) is 3.51. The molecule has 0 saturated carbocycles. The van der Waals surface area contributed by atoms with E-state index >= 15 is 0 Å². The van der Waals surface area contributed by atoms with Crippen molar-refractivity contribution in [1.29, 1.82) is 0 Å². The van der Waals surface area contributed by atoms with Crippen LogP contribution in [0.1, 0.15) is 36.0 Å². The van der Waals surface area contributed by atoms with E-state index < -0.39 is 5.60 Å². The molecule has 0 N–H and O–H groups in total. The van der Waals surface area contributed by atoms with Crippen molar-refractivity contribution in [1.82, 2.24) is 14.9 Å². The topological polar surface area (TPSA) is 55.3 Å². The fraction of sp³-hybridized carbons (Fsp3) is 0.421. The van der Waals surface area contributed by atoms with Crippen molar-refractivity contribution in [3.8, 4) is 0 Å². The number of ether oxygens (including phenoxy) is 1. The first-order valence-electron chi connectivity index (χ1n) is 8.62. The van der Waals surface area contributed by atoms with E-state index in [9.17, 15) is 9.18 Å². The fourth-order valence-electron chi connectivity index (χ4n) is 3.50. The Kier molecular flexibility index (Phi) is 4.00. The van der Waals surface area contributed by atoms with Gasteiger partial charge in [0.25, 0.3) is 0 Å². The van der Waals surface area contributed by atoms with Gasteiger partial charge in [-0.25, -0.2) is 14.4 Å². The number of likely N-dealkylation sites (tertiary alicyclic amines) is 1. The number of benzene rings is 1. The molecule has 1 fully saturated rings. The molecule has 2 aliphatic heterocycles. The van der Waals surface area contributed by atoms with E-state index in [4.69, 9.17) is 4.74 Å². The molecule has 4 rings (SSSR count). The Hall–Kier alpha value is -2.34. The van der Waals surface area contributed by atoms with Crippen LogP contribution in [0.15, 0.2) is 30.5 Å². The molecule has 0 unspecified atom stereocenters. The Bertz CT molecular complexity index is 818. The Morgan fingerprint density at radius 2 is 2.16 bits per heavy atom.